The molecule has 0 aliphatic heterocycles. The zero-order chi connectivity index (χ0) is 12.8. The van der Waals surface area contributed by atoms with Crippen molar-refractivity contribution < 1.29 is 8.42 Å². The van der Waals surface area contributed by atoms with Gasteiger partial charge in [-0.05, 0) is 34.4 Å². The van der Waals surface area contributed by atoms with Crippen LogP contribution in [0.2, 0.25) is 0 Å². The molecule has 5 heteroatoms. The van der Waals surface area contributed by atoms with Crippen LogP contribution in [0.5, 0.6) is 0 Å². The van der Waals surface area contributed by atoms with Crippen molar-refractivity contribution in [3.8, 4) is 0 Å². The number of rotatable bonds is 6. The lowest BCUT2D eigenvalue weighted by atomic mass is 10.2. The molecule has 0 amide bonds. The van der Waals surface area contributed by atoms with E-state index in [0.29, 0.717) is 6.54 Å². The maximum Gasteiger partial charge on any atom is 0.215 e. The van der Waals surface area contributed by atoms with Gasteiger partial charge in [0.25, 0.3) is 0 Å². The van der Waals surface area contributed by atoms with Crippen LogP contribution in [-0.4, -0.2) is 15.0 Å². The third-order valence-electron chi connectivity index (χ3n) is 2.52. The smallest absolute Gasteiger partial charge is 0.215 e. The van der Waals surface area contributed by atoms with Crippen molar-refractivity contribution in [2.45, 2.75) is 12.2 Å². The molecule has 1 aromatic heterocycles. The monoisotopic (exact) mass is 281 g/mol. The summed E-state index contributed by atoms with van der Waals surface area (Å²) < 4.78 is 26.3. The van der Waals surface area contributed by atoms with Crippen molar-refractivity contribution in [2.24, 2.45) is 0 Å². The Kier molecular flexibility index (Phi) is 4.52. The van der Waals surface area contributed by atoms with E-state index >= 15 is 0 Å². The average Bonchev–Trinajstić information content (AvgIpc) is 2.82. The van der Waals surface area contributed by atoms with E-state index in [2.05, 4.69) is 4.72 Å². The molecule has 0 aliphatic rings. The fourth-order valence-electron chi connectivity index (χ4n) is 1.63. The van der Waals surface area contributed by atoms with Gasteiger partial charge in [-0.3, -0.25) is 0 Å². The lowest BCUT2D eigenvalue weighted by Crippen LogP contribution is -2.27. The first-order chi connectivity index (χ1) is 8.66. The van der Waals surface area contributed by atoms with Crippen LogP contribution in [0.25, 0.3) is 0 Å². The molecule has 0 bridgehead atoms. The van der Waals surface area contributed by atoms with E-state index in [9.17, 15) is 8.42 Å². The largest absolute Gasteiger partial charge is 0.215 e. The predicted molar refractivity (Wildman–Crippen MR) is 75.1 cm³/mol. The summed E-state index contributed by atoms with van der Waals surface area (Å²) in [7, 11) is -3.23. The van der Waals surface area contributed by atoms with E-state index in [1.807, 2.05) is 47.2 Å². The van der Waals surface area contributed by atoms with Crippen LogP contribution in [0.15, 0.2) is 47.2 Å². The first-order valence-electron chi connectivity index (χ1n) is 5.68. The Morgan fingerprint density at radius 1 is 1.06 bits per heavy atom. The lowest BCUT2D eigenvalue weighted by Gasteiger charge is -2.06. The molecule has 2 rings (SSSR count). The van der Waals surface area contributed by atoms with Crippen molar-refractivity contribution >= 4 is 21.4 Å². The van der Waals surface area contributed by atoms with Crippen molar-refractivity contribution in [1.29, 1.82) is 0 Å². The molecule has 1 heterocycles. The second-order valence-electron chi connectivity index (χ2n) is 4.02. The molecular formula is C13H15NO2S2. The number of sulfonamides is 1. The Balaban J connectivity index is 1.84. The van der Waals surface area contributed by atoms with E-state index in [0.717, 1.165) is 12.0 Å². The van der Waals surface area contributed by atoms with Gasteiger partial charge in [-0.1, -0.05) is 30.3 Å². The summed E-state index contributed by atoms with van der Waals surface area (Å²) in [5, 5.41) is 4.03. The highest BCUT2D eigenvalue weighted by atomic mass is 32.2. The predicted octanol–water partition coefficient (Wildman–Crippen LogP) is 2.41. The highest BCUT2D eigenvalue weighted by Gasteiger charge is 2.10. The van der Waals surface area contributed by atoms with Crippen LogP contribution in [0.4, 0.5) is 0 Å². The molecule has 1 N–H and O–H groups in total. The molecule has 0 atom stereocenters. The Morgan fingerprint density at radius 2 is 1.83 bits per heavy atom. The topological polar surface area (TPSA) is 46.2 Å². The van der Waals surface area contributed by atoms with Crippen molar-refractivity contribution in [2.75, 3.05) is 6.54 Å². The summed E-state index contributed by atoms with van der Waals surface area (Å²) in [5.74, 6) is 0.0392. The lowest BCUT2D eigenvalue weighted by molar-refractivity contribution is 0.581. The fraction of sp³-hybridized carbons (Fsp3) is 0.231. The number of thiophene rings is 1. The summed E-state index contributed by atoms with van der Waals surface area (Å²) in [4.78, 5) is 0. The summed E-state index contributed by atoms with van der Waals surface area (Å²) in [5.41, 5.74) is 1.97. The van der Waals surface area contributed by atoms with Gasteiger partial charge in [0.05, 0.1) is 5.75 Å². The van der Waals surface area contributed by atoms with Gasteiger partial charge in [-0.2, -0.15) is 11.3 Å². The Hall–Kier alpha value is -1.17. The van der Waals surface area contributed by atoms with Gasteiger partial charge in [-0.15, -0.1) is 0 Å². The van der Waals surface area contributed by atoms with Crippen LogP contribution in [0, 0.1) is 0 Å². The molecule has 0 saturated heterocycles. The third-order valence-corrected chi connectivity index (χ3v) is 4.60. The van der Waals surface area contributed by atoms with Crippen molar-refractivity contribution in [1.82, 2.24) is 4.72 Å². The molecule has 18 heavy (non-hydrogen) atoms. The minimum atomic E-state index is -3.23. The van der Waals surface area contributed by atoms with Crippen LogP contribution >= 0.6 is 11.3 Å². The number of hydrogen-bond donors (Lipinski definition) is 1. The summed E-state index contributed by atoms with van der Waals surface area (Å²) >= 11 is 1.62. The van der Waals surface area contributed by atoms with Crippen LogP contribution in [0.1, 0.15) is 11.1 Å². The SMILES string of the molecule is O=S(=O)(Cc1ccccc1)NCCc1ccsc1. The van der Waals surface area contributed by atoms with Crippen LogP contribution < -0.4 is 4.72 Å². The highest BCUT2D eigenvalue weighted by molar-refractivity contribution is 7.88. The maximum absolute atomic E-state index is 11.8. The Labute approximate surface area is 112 Å². The first-order valence-corrected chi connectivity index (χ1v) is 8.27. The number of nitrogens with one attached hydrogen (secondary N) is 1. The Morgan fingerprint density at radius 3 is 2.50 bits per heavy atom. The van der Waals surface area contributed by atoms with Crippen LogP contribution in [0.3, 0.4) is 0 Å². The van der Waals surface area contributed by atoms with E-state index in [4.69, 9.17) is 0 Å². The van der Waals surface area contributed by atoms with E-state index in [1.54, 1.807) is 11.3 Å². The standard InChI is InChI=1S/C13H15NO2S2/c15-18(16,11-13-4-2-1-3-5-13)14-8-6-12-7-9-17-10-12/h1-5,7,9-10,14H,6,8,11H2. The Bertz CT molecular complexity index is 562. The van der Waals surface area contributed by atoms with E-state index in [1.165, 1.54) is 5.56 Å². The van der Waals surface area contributed by atoms with E-state index < -0.39 is 10.0 Å². The van der Waals surface area contributed by atoms with E-state index in [-0.39, 0.29) is 5.75 Å². The van der Waals surface area contributed by atoms with Gasteiger partial charge in [0.15, 0.2) is 0 Å². The summed E-state index contributed by atoms with van der Waals surface area (Å²) in [6, 6.07) is 11.2. The minimum absolute atomic E-state index is 0.0392. The maximum atomic E-state index is 11.8. The number of benzene rings is 1. The summed E-state index contributed by atoms with van der Waals surface area (Å²) in [6.07, 6.45) is 0.734. The zero-order valence-corrected chi connectivity index (χ0v) is 11.5. The molecule has 96 valence electrons. The molecule has 0 radical (unpaired) electrons. The average molecular weight is 281 g/mol. The van der Waals surface area contributed by atoms with Gasteiger partial charge in [-0.25, -0.2) is 13.1 Å². The molecule has 1 aromatic carbocycles. The fourth-order valence-corrected chi connectivity index (χ4v) is 3.48. The second-order valence-corrected chi connectivity index (χ2v) is 6.61. The normalized spacial score (nSPS) is 11.6. The molecule has 0 fully saturated rings. The van der Waals surface area contributed by atoms with Crippen LogP contribution in [-0.2, 0) is 22.2 Å². The summed E-state index contributed by atoms with van der Waals surface area (Å²) in [6.45, 7) is 0.450. The minimum Gasteiger partial charge on any atom is -0.215 e. The van der Waals surface area contributed by atoms with Crippen molar-refractivity contribution in [3.63, 3.8) is 0 Å². The molecule has 2 aromatic rings. The van der Waals surface area contributed by atoms with Crippen molar-refractivity contribution in [3.05, 3.63) is 58.3 Å². The molecule has 0 saturated carbocycles. The van der Waals surface area contributed by atoms with Gasteiger partial charge >= 0.3 is 0 Å². The molecule has 0 unspecified atom stereocenters. The third kappa shape index (κ3) is 4.25. The van der Waals surface area contributed by atoms with Gasteiger partial charge in [0.2, 0.25) is 10.0 Å². The molecular weight excluding hydrogens is 266 g/mol. The number of hydrogen-bond acceptors (Lipinski definition) is 3. The molecule has 3 nitrogen and oxygen atoms in total. The quantitative estimate of drug-likeness (QED) is 0.884. The molecule has 0 aliphatic carbocycles. The zero-order valence-electron chi connectivity index (χ0n) is 9.87. The second kappa shape index (κ2) is 6.13. The van der Waals surface area contributed by atoms with Gasteiger partial charge in [0, 0.05) is 6.54 Å². The first kappa shape index (κ1) is 13.3. The molecule has 0 spiro atoms. The highest BCUT2D eigenvalue weighted by Crippen LogP contribution is 2.07. The van der Waals surface area contributed by atoms with Gasteiger partial charge < -0.3 is 0 Å². The van der Waals surface area contributed by atoms with Gasteiger partial charge in [0.1, 0.15) is 0 Å².